The Morgan fingerprint density at radius 2 is 2.05 bits per heavy atom. The average molecular weight is 357 g/mol. The summed E-state index contributed by atoms with van der Waals surface area (Å²) in [4.78, 5) is 12.0. The first-order valence-corrected chi connectivity index (χ1v) is 8.23. The number of ether oxygens (including phenoxy) is 1. The molecule has 4 nitrogen and oxygen atoms in total. The molecule has 2 N–H and O–H groups in total. The summed E-state index contributed by atoms with van der Waals surface area (Å²) < 4.78 is 6.83. The van der Waals surface area contributed by atoms with E-state index in [1.54, 1.807) is 6.92 Å². The van der Waals surface area contributed by atoms with Crippen LogP contribution in [0.3, 0.4) is 0 Å². The van der Waals surface area contributed by atoms with Crippen LogP contribution in [0, 0.1) is 0 Å². The molecule has 21 heavy (non-hydrogen) atoms. The number of halogens is 1. The third-order valence-electron chi connectivity index (χ3n) is 3.26. The zero-order chi connectivity index (χ0) is 15.8. The summed E-state index contributed by atoms with van der Waals surface area (Å²) in [5, 5.41) is 6.21. The summed E-state index contributed by atoms with van der Waals surface area (Å²) in [6.45, 7) is 9.46. The van der Waals surface area contributed by atoms with Gasteiger partial charge in [-0.15, -0.1) is 0 Å². The zero-order valence-corrected chi connectivity index (χ0v) is 14.8. The van der Waals surface area contributed by atoms with Crippen molar-refractivity contribution in [2.45, 2.75) is 52.8 Å². The van der Waals surface area contributed by atoms with E-state index >= 15 is 0 Å². The number of hydrogen-bond donors (Lipinski definition) is 2. The molecule has 0 bridgehead atoms. The van der Waals surface area contributed by atoms with Crippen molar-refractivity contribution in [3.05, 3.63) is 28.2 Å². The maximum Gasteiger partial charge on any atom is 0.260 e. The van der Waals surface area contributed by atoms with Crippen LogP contribution in [0.15, 0.2) is 22.7 Å². The van der Waals surface area contributed by atoms with E-state index in [0.29, 0.717) is 6.54 Å². The van der Waals surface area contributed by atoms with E-state index in [-0.39, 0.29) is 11.9 Å². The van der Waals surface area contributed by atoms with E-state index in [1.165, 1.54) is 0 Å². The molecule has 0 aliphatic heterocycles. The summed E-state index contributed by atoms with van der Waals surface area (Å²) in [6, 6.07) is 5.99. The topological polar surface area (TPSA) is 50.4 Å². The third-order valence-corrected chi connectivity index (χ3v) is 3.76. The molecule has 0 aliphatic rings. The molecule has 1 aromatic rings. The van der Waals surface area contributed by atoms with Crippen LogP contribution in [0.4, 0.5) is 0 Å². The molecule has 0 aromatic heterocycles. The summed E-state index contributed by atoms with van der Waals surface area (Å²) in [7, 11) is 0. The van der Waals surface area contributed by atoms with Gasteiger partial charge in [0.1, 0.15) is 5.75 Å². The minimum Gasteiger partial charge on any atom is -0.481 e. The first kappa shape index (κ1) is 18.0. The van der Waals surface area contributed by atoms with Crippen molar-refractivity contribution in [2.75, 3.05) is 6.54 Å². The van der Waals surface area contributed by atoms with Gasteiger partial charge in [-0.3, -0.25) is 4.79 Å². The maximum atomic E-state index is 12.0. The minimum absolute atomic E-state index is 0.0818. The van der Waals surface area contributed by atoms with Gasteiger partial charge in [-0.25, -0.2) is 0 Å². The normalized spacial score (nSPS) is 13.6. The van der Waals surface area contributed by atoms with Crippen molar-refractivity contribution >= 4 is 21.8 Å². The summed E-state index contributed by atoms with van der Waals surface area (Å²) in [6.07, 6.45) is 0.392. The Hall–Kier alpha value is -1.07. The van der Waals surface area contributed by atoms with Crippen LogP contribution in [0.2, 0.25) is 0 Å². The van der Waals surface area contributed by atoms with Crippen molar-refractivity contribution < 1.29 is 9.53 Å². The second-order valence-corrected chi connectivity index (χ2v) is 6.03. The Bertz CT molecular complexity index is 466. The molecule has 0 saturated carbocycles. The molecule has 1 rings (SSSR count). The molecule has 0 fully saturated rings. The Kier molecular flexibility index (Phi) is 7.75. The summed E-state index contributed by atoms with van der Waals surface area (Å²) in [5.74, 6) is 0.660. The largest absolute Gasteiger partial charge is 0.481 e. The van der Waals surface area contributed by atoms with Crippen LogP contribution in [0.1, 0.15) is 39.7 Å². The van der Waals surface area contributed by atoms with Gasteiger partial charge in [0, 0.05) is 22.6 Å². The third kappa shape index (κ3) is 6.06. The van der Waals surface area contributed by atoms with E-state index in [9.17, 15) is 4.79 Å². The van der Waals surface area contributed by atoms with E-state index < -0.39 is 6.10 Å². The molecule has 2 atom stereocenters. The highest BCUT2D eigenvalue weighted by atomic mass is 79.9. The highest BCUT2D eigenvalue weighted by Crippen LogP contribution is 2.24. The molecule has 0 radical (unpaired) electrons. The molecule has 1 aromatic carbocycles. The number of hydrogen-bond acceptors (Lipinski definition) is 3. The SMILES string of the molecule is CCNCc1cc(Br)ccc1OC(C)C(=O)NC(C)CC. The van der Waals surface area contributed by atoms with Crippen LogP contribution in [0.25, 0.3) is 0 Å². The van der Waals surface area contributed by atoms with Crippen LogP contribution < -0.4 is 15.4 Å². The quantitative estimate of drug-likeness (QED) is 0.751. The lowest BCUT2D eigenvalue weighted by Gasteiger charge is -2.19. The number of nitrogens with one attached hydrogen (secondary N) is 2. The van der Waals surface area contributed by atoms with Crippen molar-refractivity contribution in [2.24, 2.45) is 0 Å². The van der Waals surface area contributed by atoms with Gasteiger partial charge >= 0.3 is 0 Å². The lowest BCUT2D eigenvalue weighted by molar-refractivity contribution is -0.127. The second kappa shape index (κ2) is 9.05. The van der Waals surface area contributed by atoms with Crippen molar-refractivity contribution in [3.8, 4) is 5.75 Å². The predicted molar refractivity (Wildman–Crippen MR) is 89.5 cm³/mol. The summed E-state index contributed by atoms with van der Waals surface area (Å²) >= 11 is 3.46. The fraction of sp³-hybridized carbons (Fsp3) is 0.562. The molecular weight excluding hydrogens is 332 g/mol. The predicted octanol–water partition coefficient (Wildman–Crippen LogP) is 3.24. The van der Waals surface area contributed by atoms with Gasteiger partial charge in [-0.2, -0.15) is 0 Å². The summed E-state index contributed by atoms with van der Waals surface area (Å²) in [5.41, 5.74) is 1.04. The van der Waals surface area contributed by atoms with E-state index in [0.717, 1.165) is 28.8 Å². The molecule has 0 heterocycles. The number of rotatable bonds is 8. The highest BCUT2D eigenvalue weighted by Gasteiger charge is 2.17. The molecule has 1 amide bonds. The second-order valence-electron chi connectivity index (χ2n) is 5.11. The Morgan fingerprint density at radius 1 is 1.33 bits per heavy atom. The molecule has 2 unspecified atom stereocenters. The van der Waals surface area contributed by atoms with Gasteiger partial charge in [0.2, 0.25) is 0 Å². The monoisotopic (exact) mass is 356 g/mol. The van der Waals surface area contributed by atoms with Crippen molar-refractivity contribution in [3.63, 3.8) is 0 Å². The van der Waals surface area contributed by atoms with Crippen LogP contribution in [-0.4, -0.2) is 24.6 Å². The van der Waals surface area contributed by atoms with Gasteiger partial charge in [0.15, 0.2) is 6.10 Å². The smallest absolute Gasteiger partial charge is 0.260 e. The number of carbonyl (C=O) groups excluding carboxylic acids is 1. The lowest BCUT2D eigenvalue weighted by atomic mass is 10.2. The number of carbonyl (C=O) groups is 1. The van der Waals surface area contributed by atoms with E-state index in [1.807, 2.05) is 32.0 Å². The molecule has 0 aliphatic carbocycles. The van der Waals surface area contributed by atoms with E-state index in [4.69, 9.17) is 4.74 Å². The molecule has 0 saturated heterocycles. The lowest BCUT2D eigenvalue weighted by Crippen LogP contribution is -2.41. The molecule has 5 heteroatoms. The minimum atomic E-state index is -0.513. The standard InChI is InChI=1S/C16H25BrN2O2/c1-5-11(3)19-16(20)12(4)21-15-8-7-14(17)9-13(15)10-18-6-2/h7-9,11-12,18H,5-6,10H2,1-4H3,(H,19,20). The van der Waals surface area contributed by atoms with Crippen LogP contribution in [-0.2, 0) is 11.3 Å². The molecule has 0 spiro atoms. The first-order valence-electron chi connectivity index (χ1n) is 7.44. The Morgan fingerprint density at radius 3 is 2.67 bits per heavy atom. The van der Waals surface area contributed by atoms with Crippen molar-refractivity contribution in [1.29, 1.82) is 0 Å². The Labute approximate surface area is 135 Å². The molecular formula is C16H25BrN2O2. The fourth-order valence-corrected chi connectivity index (χ4v) is 2.18. The average Bonchev–Trinajstić information content (AvgIpc) is 2.46. The first-order chi connectivity index (χ1) is 9.97. The van der Waals surface area contributed by atoms with Gasteiger partial charge in [-0.1, -0.05) is 29.8 Å². The van der Waals surface area contributed by atoms with Crippen LogP contribution in [0.5, 0.6) is 5.75 Å². The van der Waals surface area contributed by atoms with Crippen LogP contribution >= 0.6 is 15.9 Å². The fourth-order valence-electron chi connectivity index (χ4n) is 1.77. The maximum absolute atomic E-state index is 12.0. The van der Waals surface area contributed by atoms with Gasteiger partial charge in [0.25, 0.3) is 5.91 Å². The van der Waals surface area contributed by atoms with Gasteiger partial charge in [-0.05, 0) is 45.0 Å². The molecule has 118 valence electrons. The number of benzene rings is 1. The van der Waals surface area contributed by atoms with Gasteiger partial charge < -0.3 is 15.4 Å². The Balaban J connectivity index is 2.74. The highest BCUT2D eigenvalue weighted by molar-refractivity contribution is 9.10. The van der Waals surface area contributed by atoms with Crippen molar-refractivity contribution in [1.82, 2.24) is 10.6 Å². The zero-order valence-electron chi connectivity index (χ0n) is 13.2. The number of amides is 1. The van der Waals surface area contributed by atoms with E-state index in [2.05, 4.69) is 33.5 Å². The van der Waals surface area contributed by atoms with Gasteiger partial charge in [0.05, 0.1) is 0 Å².